The number of benzene rings is 1. The number of carbonyl (C=O) groups is 3. The second-order valence-electron chi connectivity index (χ2n) is 8.71. The van der Waals surface area contributed by atoms with E-state index in [2.05, 4.69) is 10.6 Å². The van der Waals surface area contributed by atoms with Crippen LogP contribution < -0.4 is 10.6 Å². The molecule has 0 saturated heterocycles. The van der Waals surface area contributed by atoms with Crippen LogP contribution in [0.3, 0.4) is 0 Å². The summed E-state index contributed by atoms with van der Waals surface area (Å²) in [6, 6.07) is 2.25. The summed E-state index contributed by atoms with van der Waals surface area (Å²) in [6.45, 7) is 6.57. The van der Waals surface area contributed by atoms with Crippen LogP contribution in [0.2, 0.25) is 0 Å². The van der Waals surface area contributed by atoms with Crippen molar-refractivity contribution >= 4 is 34.1 Å². The summed E-state index contributed by atoms with van der Waals surface area (Å²) < 4.78 is 33.9. The highest BCUT2D eigenvalue weighted by atomic mass is 32.1. The first-order valence-electron chi connectivity index (χ1n) is 10.6. The quantitative estimate of drug-likeness (QED) is 0.462. The third kappa shape index (κ3) is 5.84. The first kappa shape index (κ1) is 24.6. The Morgan fingerprint density at radius 2 is 1.76 bits per heavy atom. The van der Waals surface area contributed by atoms with Crippen LogP contribution in [0.5, 0.6) is 0 Å². The molecule has 176 valence electrons. The average Bonchev–Trinajstić information content (AvgIpc) is 2.86. The zero-order valence-electron chi connectivity index (χ0n) is 18.9. The van der Waals surface area contributed by atoms with Crippen molar-refractivity contribution in [2.75, 3.05) is 5.32 Å². The third-order valence-corrected chi connectivity index (χ3v) is 6.07. The van der Waals surface area contributed by atoms with Crippen molar-refractivity contribution in [2.45, 2.75) is 58.6 Å². The minimum atomic E-state index is -0.977. The first-order chi connectivity index (χ1) is 15.5. The maximum atomic E-state index is 14.4. The second-order valence-corrected chi connectivity index (χ2v) is 9.81. The molecule has 2 aromatic rings. The molecule has 0 fully saturated rings. The highest BCUT2D eigenvalue weighted by molar-refractivity contribution is 7.17. The van der Waals surface area contributed by atoms with Gasteiger partial charge in [-0.2, -0.15) is 0 Å². The number of allylic oxidation sites excluding steroid dienone is 2. The van der Waals surface area contributed by atoms with Gasteiger partial charge in [0, 0.05) is 11.3 Å². The molecule has 9 heteroatoms. The van der Waals surface area contributed by atoms with Crippen LogP contribution in [0.1, 0.15) is 60.5 Å². The van der Waals surface area contributed by atoms with E-state index in [0.29, 0.717) is 24.8 Å². The SMILES string of the molecule is C[C@H](NC(=O)OC(C)(C)C)C(=O)Nc1sc2c(c1C(=O)c1c(F)cccc1F)CCC=CC2. The second kappa shape index (κ2) is 9.82. The van der Waals surface area contributed by atoms with Crippen molar-refractivity contribution in [1.82, 2.24) is 5.32 Å². The number of amides is 2. The van der Waals surface area contributed by atoms with Gasteiger partial charge in [0.2, 0.25) is 11.7 Å². The number of alkyl carbamates (subject to hydrolysis) is 1. The number of halogens is 2. The Kier molecular flexibility index (Phi) is 7.31. The van der Waals surface area contributed by atoms with E-state index >= 15 is 0 Å². The molecule has 0 bridgehead atoms. The first-order valence-corrected chi connectivity index (χ1v) is 11.4. The fourth-order valence-electron chi connectivity index (χ4n) is 3.42. The Labute approximate surface area is 195 Å². The molecule has 1 aliphatic rings. The molecule has 0 aliphatic heterocycles. The summed E-state index contributed by atoms with van der Waals surface area (Å²) in [5.74, 6) is -3.35. The van der Waals surface area contributed by atoms with Crippen molar-refractivity contribution < 1.29 is 27.9 Å². The molecule has 2 N–H and O–H groups in total. The lowest BCUT2D eigenvalue weighted by Crippen LogP contribution is -2.44. The molecule has 1 atom stereocenters. The van der Waals surface area contributed by atoms with Crippen molar-refractivity contribution in [3.8, 4) is 0 Å². The number of carbonyl (C=O) groups excluding carboxylic acids is 3. The third-order valence-electron chi connectivity index (χ3n) is 4.90. The Hall–Kier alpha value is -3.07. The van der Waals surface area contributed by atoms with Crippen molar-refractivity contribution in [3.05, 3.63) is 63.6 Å². The van der Waals surface area contributed by atoms with E-state index in [0.717, 1.165) is 17.0 Å². The van der Waals surface area contributed by atoms with Gasteiger partial charge in [0.15, 0.2) is 0 Å². The van der Waals surface area contributed by atoms with Gasteiger partial charge in [-0.3, -0.25) is 9.59 Å². The molecule has 1 aromatic carbocycles. The number of rotatable bonds is 5. The van der Waals surface area contributed by atoms with Crippen LogP contribution in [-0.2, 0) is 22.4 Å². The molecule has 0 saturated carbocycles. The monoisotopic (exact) mass is 476 g/mol. The van der Waals surface area contributed by atoms with Crippen LogP contribution >= 0.6 is 11.3 Å². The molecule has 1 aliphatic carbocycles. The van der Waals surface area contributed by atoms with Crippen LogP contribution in [0, 0.1) is 11.6 Å². The van der Waals surface area contributed by atoms with Gasteiger partial charge in [-0.1, -0.05) is 18.2 Å². The zero-order valence-corrected chi connectivity index (χ0v) is 19.7. The molecule has 1 heterocycles. The predicted molar refractivity (Wildman–Crippen MR) is 123 cm³/mol. The normalized spacial score (nSPS) is 14.1. The number of nitrogens with one attached hydrogen (secondary N) is 2. The Morgan fingerprint density at radius 3 is 2.39 bits per heavy atom. The summed E-state index contributed by atoms with van der Waals surface area (Å²) in [5, 5.41) is 5.31. The Morgan fingerprint density at radius 1 is 1.09 bits per heavy atom. The van der Waals surface area contributed by atoms with Gasteiger partial charge in [0.25, 0.3) is 0 Å². The van der Waals surface area contributed by atoms with Gasteiger partial charge >= 0.3 is 6.09 Å². The topological polar surface area (TPSA) is 84.5 Å². The van der Waals surface area contributed by atoms with Crippen LogP contribution in [0.4, 0.5) is 18.6 Å². The molecule has 2 amide bonds. The number of fused-ring (bicyclic) bond motifs is 1. The summed E-state index contributed by atoms with van der Waals surface area (Å²) in [7, 11) is 0. The fraction of sp³-hybridized carbons (Fsp3) is 0.375. The zero-order chi connectivity index (χ0) is 24.3. The van der Waals surface area contributed by atoms with E-state index in [1.54, 1.807) is 20.8 Å². The van der Waals surface area contributed by atoms with E-state index in [1.165, 1.54) is 24.3 Å². The van der Waals surface area contributed by atoms with Gasteiger partial charge < -0.3 is 15.4 Å². The van der Waals surface area contributed by atoms with E-state index < -0.39 is 46.6 Å². The Bertz CT molecular complexity index is 1100. The Balaban J connectivity index is 1.92. The smallest absolute Gasteiger partial charge is 0.408 e. The van der Waals surface area contributed by atoms with Gasteiger partial charge in [0.1, 0.15) is 28.3 Å². The minimum Gasteiger partial charge on any atom is -0.444 e. The molecular weight excluding hydrogens is 450 g/mol. The number of hydrogen-bond acceptors (Lipinski definition) is 5. The number of hydrogen-bond donors (Lipinski definition) is 2. The van der Waals surface area contributed by atoms with E-state index in [1.807, 2.05) is 12.2 Å². The summed E-state index contributed by atoms with van der Waals surface area (Å²) in [5.41, 5.74) is -0.644. The molecule has 0 radical (unpaired) electrons. The minimum absolute atomic E-state index is 0.0838. The van der Waals surface area contributed by atoms with E-state index in [4.69, 9.17) is 4.74 Å². The lowest BCUT2D eigenvalue weighted by Gasteiger charge is -2.21. The molecule has 6 nitrogen and oxygen atoms in total. The van der Waals surface area contributed by atoms with Crippen molar-refractivity contribution in [2.24, 2.45) is 0 Å². The number of ether oxygens (including phenoxy) is 1. The largest absolute Gasteiger partial charge is 0.444 e. The number of ketones is 1. The highest BCUT2D eigenvalue weighted by Gasteiger charge is 2.30. The van der Waals surface area contributed by atoms with Crippen LogP contribution in [-0.4, -0.2) is 29.4 Å². The lowest BCUT2D eigenvalue weighted by atomic mass is 9.96. The summed E-state index contributed by atoms with van der Waals surface area (Å²) >= 11 is 1.19. The van der Waals surface area contributed by atoms with Gasteiger partial charge in [-0.25, -0.2) is 13.6 Å². The van der Waals surface area contributed by atoms with Crippen LogP contribution in [0.15, 0.2) is 30.4 Å². The average molecular weight is 477 g/mol. The molecule has 3 rings (SSSR count). The summed E-state index contributed by atoms with van der Waals surface area (Å²) in [6.07, 6.45) is 4.88. The van der Waals surface area contributed by atoms with Gasteiger partial charge in [0.05, 0.1) is 11.1 Å². The van der Waals surface area contributed by atoms with Crippen LogP contribution in [0.25, 0.3) is 0 Å². The number of anilines is 1. The maximum absolute atomic E-state index is 14.4. The molecule has 0 spiro atoms. The lowest BCUT2D eigenvalue weighted by molar-refractivity contribution is -0.117. The standard InChI is InChI=1S/C24H26F2N2O4S/c1-13(27-23(31)32-24(2,3)4)21(30)28-22-18(14-9-6-5-7-12-17(14)33-22)20(29)19-15(25)10-8-11-16(19)26/h5,7-8,10-11,13H,6,9,12H2,1-4H3,(H,27,31)(H,28,30)/t13-/m0/s1. The van der Waals surface area contributed by atoms with E-state index in [9.17, 15) is 23.2 Å². The van der Waals surface area contributed by atoms with Crippen molar-refractivity contribution in [1.29, 1.82) is 0 Å². The predicted octanol–water partition coefficient (Wildman–Crippen LogP) is 5.15. The molecule has 0 unspecified atom stereocenters. The number of thiophene rings is 1. The maximum Gasteiger partial charge on any atom is 0.408 e. The van der Waals surface area contributed by atoms with Crippen molar-refractivity contribution in [3.63, 3.8) is 0 Å². The highest BCUT2D eigenvalue weighted by Crippen LogP contribution is 2.38. The van der Waals surface area contributed by atoms with Gasteiger partial charge in [-0.05, 0) is 58.2 Å². The van der Waals surface area contributed by atoms with E-state index in [-0.39, 0.29) is 10.6 Å². The molecule has 33 heavy (non-hydrogen) atoms. The fourth-order valence-corrected chi connectivity index (χ4v) is 4.64. The molecular formula is C24H26F2N2O4S. The van der Waals surface area contributed by atoms with Gasteiger partial charge in [-0.15, -0.1) is 11.3 Å². The molecule has 1 aromatic heterocycles. The summed E-state index contributed by atoms with van der Waals surface area (Å²) in [4.78, 5) is 38.9.